The standard InChI is InChI=1S/C16H12BrClFNO/c1-10-8-13(17)15(9-14(10)18)20-16(21)7-4-11-2-5-12(19)6-3-11/h2-9H,1H3,(H,20,21)/b7-4+. The molecule has 5 heteroatoms. The van der Waals surface area contributed by atoms with Crippen molar-refractivity contribution in [1.29, 1.82) is 0 Å². The van der Waals surface area contributed by atoms with Crippen molar-refractivity contribution in [3.8, 4) is 0 Å². The van der Waals surface area contributed by atoms with Crippen LogP contribution < -0.4 is 5.32 Å². The summed E-state index contributed by atoms with van der Waals surface area (Å²) in [6.45, 7) is 1.88. The molecule has 2 nitrogen and oxygen atoms in total. The molecule has 0 aromatic heterocycles. The van der Waals surface area contributed by atoms with Crippen LogP contribution in [0.2, 0.25) is 5.02 Å². The normalized spacial score (nSPS) is 10.9. The average molecular weight is 369 g/mol. The molecule has 108 valence electrons. The lowest BCUT2D eigenvalue weighted by Gasteiger charge is -2.07. The molecule has 0 spiro atoms. The van der Waals surface area contributed by atoms with Gasteiger partial charge in [0.15, 0.2) is 0 Å². The highest BCUT2D eigenvalue weighted by Crippen LogP contribution is 2.29. The first-order valence-corrected chi connectivity index (χ1v) is 7.33. The van der Waals surface area contributed by atoms with E-state index in [1.807, 2.05) is 13.0 Å². The largest absolute Gasteiger partial charge is 0.321 e. The van der Waals surface area contributed by atoms with E-state index in [4.69, 9.17) is 11.6 Å². The second-order valence-corrected chi connectivity index (χ2v) is 5.72. The molecule has 1 amide bonds. The van der Waals surface area contributed by atoms with Gasteiger partial charge in [-0.25, -0.2) is 4.39 Å². The van der Waals surface area contributed by atoms with Crippen LogP contribution in [-0.2, 0) is 4.79 Å². The van der Waals surface area contributed by atoms with Crippen molar-refractivity contribution in [3.63, 3.8) is 0 Å². The number of rotatable bonds is 3. The number of carbonyl (C=O) groups is 1. The third-order valence-electron chi connectivity index (χ3n) is 2.80. The summed E-state index contributed by atoms with van der Waals surface area (Å²) < 4.78 is 13.5. The summed E-state index contributed by atoms with van der Waals surface area (Å²) in [5.74, 6) is -0.602. The van der Waals surface area contributed by atoms with Crippen LogP contribution >= 0.6 is 27.5 Å². The third kappa shape index (κ3) is 4.41. The Hall–Kier alpha value is -1.65. The van der Waals surface area contributed by atoms with Gasteiger partial charge in [-0.1, -0.05) is 23.7 Å². The first-order chi connectivity index (χ1) is 9.95. The molecule has 0 aliphatic rings. The number of carbonyl (C=O) groups excluding carboxylic acids is 1. The fourth-order valence-electron chi connectivity index (χ4n) is 1.66. The van der Waals surface area contributed by atoms with Gasteiger partial charge in [0.2, 0.25) is 5.91 Å². The predicted molar refractivity (Wildman–Crippen MR) is 88.0 cm³/mol. The van der Waals surface area contributed by atoms with E-state index in [2.05, 4.69) is 21.2 Å². The molecule has 21 heavy (non-hydrogen) atoms. The minimum atomic E-state index is -0.310. The Morgan fingerprint density at radius 2 is 1.95 bits per heavy atom. The van der Waals surface area contributed by atoms with Crippen LogP contribution in [0.3, 0.4) is 0 Å². The van der Waals surface area contributed by atoms with Gasteiger partial charge in [0.25, 0.3) is 0 Å². The SMILES string of the molecule is Cc1cc(Br)c(NC(=O)/C=C/c2ccc(F)cc2)cc1Cl. The zero-order valence-corrected chi connectivity index (χ0v) is 13.5. The van der Waals surface area contributed by atoms with E-state index in [9.17, 15) is 9.18 Å². The Bertz CT molecular complexity index is 698. The number of anilines is 1. The maximum Gasteiger partial charge on any atom is 0.248 e. The van der Waals surface area contributed by atoms with Gasteiger partial charge in [0.05, 0.1) is 5.69 Å². The molecular weight excluding hydrogens is 357 g/mol. The monoisotopic (exact) mass is 367 g/mol. The maximum absolute atomic E-state index is 12.8. The molecule has 0 saturated heterocycles. The topological polar surface area (TPSA) is 29.1 Å². The predicted octanol–water partition coefficient (Wildman–Crippen LogP) is 5.20. The van der Waals surface area contributed by atoms with Gasteiger partial charge < -0.3 is 5.32 Å². The zero-order valence-electron chi connectivity index (χ0n) is 11.2. The van der Waals surface area contributed by atoms with E-state index in [0.717, 1.165) is 15.6 Å². The molecule has 0 bridgehead atoms. The molecule has 0 radical (unpaired) electrons. The molecule has 2 aromatic rings. The van der Waals surface area contributed by atoms with Crippen LogP contribution in [0.15, 0.2) is 46.9 Å². The highest BCUT2D eigenvalue weighted by molar-refractivity contribution is 9.10. The second kappa shape index (κ2) is 6.87. The highest BCUT2D eigenvalue weighted by Gasteiger charge is 2.06. The summed E-state index contributed by atoms with van der Waals surface area (Å²) >= 11 is 9.41. The average Bonchev–Trinajstić information content (AvgIpc) is 2.44. The van der Waals surface area contributed by atoms with E-state index in [1.54, 1.807) is 24.3 Å². The van der Waals surface area contributed by atoms with Crippen LogP contribution in [-0.4, -0.2) is 5.91 Å². The number of amides is 1. The fraction of sp³-hybridized carbons (Fsp3) is 0.0625. The smallest absolute Gasteiger partial charge is 0.248 e. The summed E-state index contributed by atoms with van der Waals surface area (Å²) in [7, 11) is 0. The van der Waals surface area contributed by atoms with Crippen LogP contribution in [0, 0.1) is 12.7 Å². The van der Waals surface area contributed by atoms with E-state index < -0.39 is 0 Å². The second-order valence-electron chi connectivity index (χ2n) is 4.46. The van der Waals surface area contributed by atoms with Gasteiger partial charge >= 0.3 is 0 Å². The minimum Gasteiger partial charge on any atom is -0.321 e. The van der Waals surface area contributed by atoms with E-state index in [-0.39, 0.29) is 11.7 Å². The molecule has 0 aliphatic heterocycles. The number of aryl methyl sites for hydroxylation is 1. The molecule has 0 atom stereocenters. The van der Waals surface area contributed by atoms with E-state index in [0.29, 0.717) is 10.7 Å². The molecule has 1 N–H and O–H groups in total. The Balaban J connectivity index is 2.08. The van der Waals surface area contributed by atoms with Crippen molar-refractivity contribution in [2.24, 2.45) is 0 Å². The van der Waals surface area contributed by atoms with Crippen molar-refractivity contribution >= 4 is 45.2 Å². The number of benzene rings is 2. The lowest BCUT2D eigenvalue weighted by atomic mass is 10.2. The van der Waals surface area contributed by atoms with Crippen molar-refractivity contribution in [1.82, 2.24) is 0 Å². The molecule has 2 aromatic carbocycles. The zero-order chi connectivity index (χ0) is 15.4. The van der Waals surface area contributed by atoms with Gasteiger partial charge in [-0.15, -0.1) is 0 Å². The fourth-order valence-corrected chi connectivity index (χ4v) is 2.38. The maximum atomic E-state index is 12.8. The summed E-state index contributed by atoms with van der Waals surface area (Å²) in [6, 6.07) is 9.39. The summed E-state index contributed by atoms with van der Waals surface area (Å²) in [5, 5.41) is 3.31. The molecule has 2 rings (SSSR count). The van der Waals surface area contributed by atoms with Gasteiger partial charge in [-0.2, -0.15) is 0 Å². The summed E-state index contributed by atoms with van der Waals surface area (Å²) in [5.41, 5.74) is 2.26. The molecular formula is C16H12BrClFNO. The Kier molecular flexibility index (Phi) is 5.15. The van der Waals surface area contributed by atoms with E-state index in [1.165, 1.54) is 18.2 Å². The first kappa shape index (κ1) is 15.7. The Morgan fingerprint density at radius 1 is 1.29 bits per heavy atom. The van der Waals surface area contributed by atoms with Crippen molar-refractivity contribution in [3.05, 3.63) is 68.9 Å². The van der Waals surface area contributed by atoms with Crippen molar-refractivity contribution in [2.45, 2.75) is 6.92 Å². The minimum absolute atomic E-state index is 0.292. The number of hydrogen-bond acceptors (Lipinski definition) is 1. The van der Waals surface area contributed by atoms with Gasteiger partial charge in [0, 0.05) is 15.6 Å². The molecule has 0 unspecified atom stereocenters. The lowest BCUT2D eigenvalue weighted by Crippen LogP contribution is -2.08. The number of halogens is 3. The van der Waals surface area contributed by atoms with E-state index >= 15 is 0 Å². The van der Waals surface area contributed by atoms with Crippen LogP contribution in [0.1, 0.15) is 11.1 Å². The van der Waals surface area contributed by atoms with Crippen molar-refractivity contribution < 1.29 is 9.18 Å². The third-order valence-corrected chi connectivity index (χ3v) is 3.87. The molecule has 0 heterocycles. The lowest BCUT2D eigenvalue weighted by molar-refractivity contribution is -0.111. The molecule has 0 saturated carbocycles. The summed E-state index contributed by atoms with van der Waals surface area (Å²) in [6.07, 6.45) is 2.99. The van der Waals surface area contributed by atoms with Gasteiger partial charge in [-0.3, -0.25) is 4.79 Å². The number of nitrogens with one attached hydrogen (secondary N) is 1. The Morgan fingerprint density at radius 3 is 2.62 bits per heavy atom. The number of hydrogen-bond donors (Lipinski definition) is 1. The van der Waals surface area contributed by atoms with Crippen LogP contribution in [0.25, 0.3) is 6.08 Å². The molecule has 0 aliphatic carbocycles. The van der Waals surface area contributed by atoms with Crippen LogP contribution in [0.4, 0.5) is 10.1 Å². The Labute approximate surface area is 135 Å². The quantitative estimate of drug-likeness (QED) is 0.741. The van der Waals surface area contributed by atoms with Crippen molar-refractivity contribution in [2.75, 3.05) is 5.32 Å². The van der Waals surface area contributed by atoms with Crippen LogP contribution in [0.5, 0.6) is 0 Å². The summed E-state index contributed by atoms with van der Waals surface area (Å²) in [4.78, 5) is 11.9. The molecule has 0 fully saturated rings. The van der Waals surface area contributed by atoms with Gasteiger partial charge in [0.1, 0.15) is 5.82 Å². The first-order valence-electron chi connectivity index (χ1n) is 6.16. The highest BCUT2D eigenvalue weighted by atomic mass is 79.9. The van der Waals surface area contributed by atoms with Gasteiger partial charge in [-0.05, 0) is 64.3 Å².